The van der Waals surface area contributed by atoms with Crippen molar-refractivity contribution in [3.63, 3.8) is 0 Å². The molecule has 0 fully saturated rings. The summed E-state index contributed by atoms with van der Waals surface area (Å²) in [7, 11) is -0.0304. The molecule has 1 heterocycles. The third-order valence-electron chi connectivity index (χ3n) is 4.81. The van der Waals surface area contributed by atoms with Crippen molar-refractivity contribution >= 4 is 10.0 Å². The van der Waals surface area contributed by atoms with Crippen LogP contribution in [0.3, 0.4) is 0 Å². The number of nitrogens with zero attached hydrogens (tertiary/aromatic N) is 3. The third kappa shape index (κ3) is 3.54. The van der Waals surface area contributed by atoms with E-state index in [1.165, 1.54) is 4.31 Å². The van der Waals surface area contributed by atoms with E-state index in [1.807, 2.05) is 33.0 Å². The van der Waals surface area contributed by atoms with Gasteiger partial charge in [-0.1, -0.05) is 26.0 Å². The maximum atomic E-state index is 12.8. The number of aryl methyl sites for hydroxylation is 2. The van der Waals surface area contributed by atoms with Crippen LogP contribution in [0, 0.1) is 13.8 Å². The van der Waals surface area contributed by atoms with Gasteiger partial charge in [-0.2, -0.15) is 9.40 Å². The predicted molar refractivity (Wildman–Crippen MR) is 96.5 cm³/mol. The lowest BCUT2D eigenvalue weighted by atomic mass is 9.99. The molecule has 0 unspecified atom stereocenters. The number of sulfonamides is 1. The van der Waals surface area contributed by atoms with E-state index in [2.05, 4.69) is 18.9 Å². The third-order valence-corrected chi connectivity index (χ3v) is 6.63. The van der Waals surface area contributed by atoms with Crippen molar-refractivity contribution < 1.29 is 8.42 Å². The molecule has 132 valence electrons. The fraction of sp³-hybridized carbons (Fsp3) is 0.500. The second-order valence-electron chi connectivity index (χ2n) is 6.41. The van der Waals surface area contributed by atoms with E-state index in [1.54, 1.807) is 23.9 Å². The topological polar surface area (TPSA) is 55.2 Å². The van der Waals surface area contributed by atoms with E-state index in [0.29, 0.717) is 17.4 Å². The molecule has 0 aliphatic heterocycles. The first-order valence-corrected chi connectivity index (χ1v) is 9.67. The van der Waals surface area contributed by atoms with Crippen LogP contribution in [-0.4, -0.2) is 29.6 Å². The fourth-order valence-corrected chi connectivity index (χ4v) is 3.88. The molecule has 5 nitrogen and oxygen atoms in total. The summed E-state index contributed by atoms with van der Waals surface area (Å²) in [6.07, 6.45) is 1.03. The SMILES string of the molecule is CC[C@H](C)c1ccc(S(=O)(=O)N(C)Cc2c(C)nn(C)c2C)cc1. The van der Waals surface area contributed by atoms with Gasteiger partial charge in [-0.3, -0.25) is 4.68 Å². The molecule has 2 rings (SSSR count). The van der Waals surface area contributed by atoms with E-state index >= 15 is 0 Å². The molecule has 24 heavy (non-hydrogen) atoms. The van der Waals surface area contributed by atoms with Gasteiger partial charge in [-0.15, -0.1) is 0 Å². The first-order valence-electron chi connectivity index (χ1n) is 8.23. The molecular formula is C18H27N3O2S. The molecule has 0 amide bonds. The van der Waals surface area contributed by atoms with E-state index in [9.17, 15) is 8.42 Å². The molecule has 0 spiro atoms. The van der Waals surface area contributed by atoms with Crippen molar-refractivity contribution in [2.24, 2.45) is 7.05 Å². The Morgan fingerprint density at radius 1 is 1.21 bits per heavy atom. The summed E-state index contributed by atoms with van der Waals surface area (Å²) in [4.78, 5) is 0.330. The van der Waals surface area contributed by atoms with Gasteiger partial charge in [-0.25, -0.2) is 8.42 Å². The Bertz CT molecular complexity index is 808. The van der Waals surface area contributed by atoms with Gasteiger partial charge in [0, 0.05) is 31.9 Å². The molecule has 0 saturated carbocycles. The Labute approximate surface area is 145 Å². The summed E-state index contributed by atoms with van der Waals surface area (Å²) in [6.45, 7) is 8.45. The van der Waals surface area contributed by atoms with Crippen molar-refractivity contribution in [1.29, 1.82) is 0 Å². The van der Waals surface area contributed by atoms with E-state index in [4.69, 9.17) is 0 Å². The average Bonchev–Trinajstić information content (AvgIpc) is 2.80. The highest BCUT2D eigenvalue weighted by atomic mass is 32.2. The van der Waals surface area contributed by atoms with Gasteiger partial charge < -0.3 is 0 Å². The van der Waals surface area contributed by atoms with Gasteiger partial charge in [-0.05, 0) is 43.9 Å². The Morgan fingerprint density at radius 2 is 1.79 bits per heavy atom. The molecule has 0 N–H and O–H groups in total. The summed E-state index contributed by atoms with van der Waals surface area (Å²) in [6, 6.07) is 7.23. The summed E-state index contributed by atoms with van der Waals surface area (Å²) < 4.78 is 28.8. The molecule has 0 aliphatic carbocycles. The van der Waals surface area contributed by atoms with Crippen LogP contribution in [0.15, 0.2) is 29.2 Å². The van der Waals surface area contributed by atoms with Crippen molar-refractivity contribution in [2.45, 2.75) is 51.5 Å². The van der Waals surface area contributed by atoms with Crippen LogP contribution in [0.2, 0.25) is 0 Å². The van der Waals surface area contributed by atoms with Crippen LogP contribution < -0.4 is 0 Å². The summed E-state index contributed by atoms with van der Waals surface area (Å²) in [5, 5.41) is 4.35. The Kier molecular flexibility index (Phi) is 5.50. The van der Waals surface area contributed by atoms with Gasteiger partial charge in [0.05, 0.1) is 10.6 Å². The van der Waals surface area contributed by atoms with Crippen LogP contribution in [0.4, 0.5) is 0 Å². The number of hydrogen-bond acceptors (Lipinski definition) is 3. The van der Waals surface area contributed by atoms with Crippen LogP contribution in [0.1, 0.15) is 48.7 Å². The molecule has 1 aromatic carbocycles. The number of aromatic nitrogens is 2. The monoisotopic (exact) mass is 349 g/mol. The quantitative estimate of drug-likeness (QED) is 0.803. The number of rotatable bonds is 6. The second kappa shape index (κ2) is 7.07. The molecule has 0 radical (unpaired) electrons. The molecule has 6 heteroatoms. The zero-order valence-corrected chi connectivity index (χ0v) is 16.2. The van der Waals surface area contributed by atoms with Crippen molar-refractivity contribution in [2.75, 3.05) is 7.05 Å². The second-order valence-corrected chi connectivity index (χ2v) is 8.46. The lowest BCUT2D eigenvalue weighted by molar-refractivity contribution is 0.465. The van der Waals surface area contributed by atoms with Crippen LogP contribution >= 0.6 is 0 Å². The Morgan fingerprint density at radius 3 is 2.25 bits per heavy atom. The molecule has 0 saturated heterocycles. The van der Waals surface area contributed by atoms with Crippen molar-refractivity contribution in [3.05, 3.63) is 46.8 Å². The van der Waals surface area contributed by atoms with E-state index < -0.39 is 10.0 Å². The minimum absolute atomic E-state index is 0.320. The largest absolute Gasteiger partial charge is 0.272 e. The average molecular weight is 350 g/mol. The lowest BCUT2D eigenvalue weighted by Gasteiger charge is -2.18. The van der Waals surface area contributed by atoms with Gasteiger partial charge in [0.1, 0.15) is 0 Å². The Balaban J connectivity index is 2.26. The standard InChI is InChI=1S/C18H27N3O2S/c1-7-13(2)16-8-10-17(11-9-16)24(22,23)20(5)12-18-14(3)19-21(6)15(18)4/h8-11,13H,7,12H2,1-6H3/t13-/m0/s1. The van der Waals surface area contributed by atoms with Crippen molar-refractivity contribution in [1.82, 2.24) is 14.1 Å². The summed E-state index contributed by atoms with van der Waals surface area (Å²) in [5.74, 6) is 0.431. The summed E-state index contributed by atoms with van der Waals surface area (Å²) in [5.41, 5.74) is 3.98. The molecule has 1 atom stereocenters. The zero-order valence-electron chi connectivity index (χ0n) is 15.4. The normalized spacial score (nSPS) is 13.5. The minimum Gasteiger partial charge on any atom is -0.272 e. The van der Waals surface area contributed by atoms with Crippen LogP contribution in [-0.2, 0) is 23.6 Å². The maximum Gasteiger partial charge on any atom is 0.243 e. The molecular weight excluding hydrogens is 322 g/mol. The van der Waals surface area contributed by atoms with E-state index in [-0.39, 0.29) is 0 Å². The van der Waals surface area contributed by atoms with Gasteiger partial charge in [0.25, 0.3) is 0 Å². The minimum atomic E-state index is -3.51. The fourth-order valence-electron chi connectivity index (χ4n) is 2.74. The highest BCUT2D eigenvalue weighted by Gasteiger charge is 2.23. The summed E-state index contributed by atoms with van der Waals surface area (Å²) >= 11 is 0. The van der Waals surface area contributed by atoms with Gasteiger partial charge in [0.2, 0.25) is 10.0 Å². The highest BCUT2D eigenvalue weighted by molar-refractivity contribution is 7.89. The number of benzene rings is 1. The van der Waals surface area contributed by atoms with Crippen LogP contribution in [0.5, 0.6) is 0 Å². The van der Waals surface area contributed by atoms with Crippen LogP contribution in [0.25, 0.3) is 0 Å². The predicted octanol–water partition coefficient (Wildman–Crippen LogP) is 3.37. The lowest BCUT2D eigenvalue weighted by Crippen LogP contribution is -2.27. The molecule has 1 aromatic heterocycles. The maximum absolute atomic E-state index is 12.8. The molecule has 0 aliphatic rings. The highest BCUT2D eigenvalue weighted by Crippen LogP contribution is 2.23. The van der Waals surface area contributed by atoms with Gasteiger partial charge >= 0.3 is 0 Å². The number of hydrogen-bond donors (Lipinski definition) is 0. The van der Waals surface area contributed by atoms with Crippen molar-refractivity contribution in [3.8, 4) is 0 Å². The molecule has 0 bridgehead atoms. The smallest absolute Gasteiger partial charge is 0.243 e. The first kappa shape index (κ1) is 18.7. The zero-order chi connectivity index (χ0) is 18.1. The van der Waals surface area contributed by atoms with E-state index in [0.717, 1.165) is 28.9 Å². The van der Waals surface area contributed by atoms with Gasteiger partial charge in [0.15, 0.2) is 0 Å². The molecule has 2 aromatic rings. The first-order chi connectivity index (χ1) is 11.2. The Hall–Kier alpha value is -1.66.